The molecule has 0 rings (SSSR count). The summed E-state index contributed by atoms with van der Waals surface area (Å²) < 4.78 is 0. The number of nitrogens with one attached hydrogen (secondary N) is 1. The molecule has 0 aliphatic carbocycles. The molecule has 0 aliphatic heterocycles. The largest absolute Gasteiger partial charge is 0.309 e. The Morgan fingerprint density at radius 2 is 2.38 bits per heavy atom. The minimum absolute atomic E-state index is 0.359. The monoisotopic (exact) mass is 112 g/mol. The lowest BCUT2D eigenvalue weighted by molar-refractivity contribution is 0.876. The highest BCUT2D eigenvalue weighted by Gasteiger charge is 1.74. The summed E-state index contributed by atoms with van der Waals surface area (Å²) in [7, 11) is 0. The fraction of sp³-hybridized carbons (Fsp3) is 0. The molecule has 0 aliphatic rings. The topological polar surface area (TPSA) is 62.8 Å². The van der Waals surface area contributed by atoms with Gasteiger partial charge in [-0.15, -0.1) is 0 Å². The molecule has 0 fully saturated rings. The molecule has 0 radical (unpaired) electrons. The van der Waals surface area contributed by atoms with E-state index in [1.807, 2.05) is 0 Å². The Bertz CT molecular complexity index is 115. The predicted molar refractivity (Wildman–Crippen MR) is 34.5 cm³/mol. The van der Waals surface area contributed by atoms with Crippen LogP contribution in [0.5, 0.6) is 0 Å². The van der Waals surface area contributed by atoms with Crippen LogP contribution in [-0.2, 0) is 0 Å². The molecular weight excluding hydrogens is 104 g/mol. The molecule has 0 heterocycles. The van der Waals surface area contributed by atoms with Gasteiger partial charge in [0.05, 0.1) is 0 Å². The number of hydrogen-bond donors (Lipinski definition) is 2. The molecule has 4 heteroatoms. The van der Waals surface area contributed by atoms with Crippen LogP contribution in [0.15, 0.2) is 22.4 Å². The zero-order valence-corrected chi connectivity index (χ0v) is 4.46. The summed E-state index contributed by atoms with van der Waals surface area (Å²) in [4.78, 5) is 6.90. The zero-order valence-electron chi connectivity index (χ0n) is 4.46. The third kappa shape index (κ3) is 3.05. The van der Waals surface area contributed by atoms with Crippen molar-refractivity contribution in [3.63, 3.8) is 0 Å². The van der Waals surface area contributed by atoms with Crippen molar-refractivity contribution in [2.24, 2.45) is 15.8 Å². The van der Waals surface area contributed by atoms with E-state index in [0.717, 1.165) is 0 Å². The van der Waals surface area contributed by atoms with Crippen molar-refractivity contribution in [3.8, 4) is 0 Å². The van der Waals surface area contributed by atoms with Gasteiger partial charge in [-0.05, 0) is 6.72 Å². The number of nitrogens with two attached hydrogens (primary N) is 1. The zero-order chi connectivity index (χ0) is 6.41. The van der Waals surface area contributed by atoms with Crippen LogP contribution in [-0.4, -0.2) is 13.1 Å². The number of hydrogen-bond acceptors (Lipinski definition) is 3. The van der Waals surface area contributed by atoms with Gasteiger partial charge in [-0.25, -0.2) is 10.8 Å². The number of rotatable bonds is 3. The summed E-state index contributed by atoms with van der Waals surface area (Å²) in [6.07, 6.45) is 1.25. The van der Waals surface area contributed by atoms with Crippen molar-refractivity contribution in [2.75, 3.05) is 0 Å². The third-order valence-corrected chi connectivity index (χ3v) is 0.462. The normalized spacial score (nSPS) is 9.12. The standard InChI is InChI=1S/C4H8N4/c1-4(8-5)7-3-6-2/h3,8H,1-2,5H2. The van der Waals surface area contributed by atoms with E-state index in [0.29, 0.717) is 5.82 Å². The maximum absolute atomic E-state index is 4.89. The summed E-state index contributed by atoms with van der Waals surface area (Å²) in [6, 6.07) is 0. The van der Waals surface area contributed by atoms with E-state index in [2.05, 4.69) is 28.7 Å². The Labute approximate surface area is 47.8 Å². The van der Waals surface area contributed by atoms with Crippen LogP contribution >= 0.6 is 0 Å². The SMILES string of the molecule is C=NC=NC(=C)NN. The summed E-state index contributed by atoms with van der Waals surface area (Å²) in [6.45, 7) is 6.55. The number of aliphatic imine (C=N–C) groups is 2. The first-order valence-electron chi connectivity index (χ1n) is 1.95. The number of nitrogens with zero attached hydrogens (tertiary/aromatic N) is 2. The molecule has 0 atom stereocenters. The van der Waals surface area contributed by atoms with Crippen LogP contribution in [0.25, 0.3) is 0 Å². The Morgan fingerprint density at radius 1 is 1.75 bits per heavy atom. The molecule has 0 amide bonds. The molecule has 0 bridgehead atoms. The second-order valence-electron chi connectivity index (χ2n) is 1.02. The van der Waals surface area contributed by atoms with Crippen LogP contribution in [0.4, 0.5) is 0 Å². The first-order chi connectivity index (χ1) is 3.81. The second-order valence-corrected chi connectivity index (χ2v) is 1.02. The fourth-order valence-corrected chi connectivity index (χ4v) is 0.148. The summed E-state index contributed by atoms with van der Waals surface area (Å²) in [5, 5.41) is 0. The molecule has 8 heavy (non-hydrogen) atoms. The maximum Gasteiger partial charge on any atom is 0.134 e. The van der Waals surface area contributed by atoms with E-state index in [1.54, 1.807) is 0 Å². The lowest BCUT2D eigenvalue weighted by Crippen LogP contribution is -2.18. The molecule has 0 unspecified atom stereocenters. The molecule has 0 aromatic heterocycles. The first-order valence-corrected chi connectivity index (χ1v) is 1.95. The van der Waals surface area contributed by atoms with Gasteiger partial charge in [0.15, 0.2) is 0 Å². The average Bonchev–Trinajstić information content (AvgIpc) is 1.83. The van der Waals surface area contributed by atoms with Gasteiger partial charge in [-0.2, -0.15) is 0 Å². The Kier molecular flexibility index (Phi) is 3.43. The van der Waals surface area contributed by atoms with Gasteiger partial charge in [0.2, 0.25) is 0 Å². The predicted octanol–water partition coefficient (Wildman–Crippen LogP) is -0.350. The van der Waals surface area contributed by atoms with Gasteiger partial charge in [-0.3, -0.25) is 4.99 Å². The van der Waals surface area contributed by atoms with Crippen molar-refractivity contribution in [2.45, 2.75) is 0 Å². The highest BCUT2D eigenvalue weighted by atomic mass is 15.3. The van der Waals surface area contributed by atoms with E-state index in [4.69, 9.17) is 5.84 Å². The highest BCUT2D eigenvalue weighted by Crippen LogP contribution is 1.77. The van der Waals surface area contributed by atoms with Crippen molar-refractivity contribution in [1.82, 2.24) is 5.43 Å². The molecule has 0 aromatic carbocycles. The lowest BCUT2D eigenvalue weighted by Gasteiger charge is -1.91. The van der Waals surface area contributed by atoms with Gasteiger partial charge >= 0.3 is 0 Å². The molecule has 3 N–H and O–H groups in total. The molecule has 4 nitrogen and oxygen atoms in total. The van der Waals surface area contributed by atoms with Crippen molar-refractivity contribution in [3.05, 3.63) is 12.4 Å². The van der Waals surface area contributed by atoms with E-state index >= 15 is 0 Å². The molecule has 44 valence electrons. The van der Waals surface area contributed by atoms with Gasteiger partial charge in [0.25, 0.3) is 0 Å². The van der Waals surface area contributed by atoms with Gasteiger partial charge in [0, 0.05) is 0 Å². The quantitative estimate of drug-likeness (QED) is 0.227. The molecular formula is C4H8N4. The summed E-state index contributed by atoms with van der Waals surface area (Å²) in [5.74, 6) is 5.25. The van der Waals surface area contributed by atoms with Crippen molar-refractivity contribution in [1.29, 1.82) is 0 Å². The number of hydrazine groups is 1. The summed E-state index contributed by atoms with van der Waals surface area (Å²) in [5.41, 5.74) is 2.22. The second kappa shape index (κ2) is 4.01. The Balaban J connectivity index is 3.52. The van der Waals surface area contributed by atoms with Crippen LogP contribution in [0, 0.1) is 0 Å². The van der Waals surface area contributed by atoms with Crippen molar-refractivity contribution >= 4 is 13.1 Å². The van der Waals surface area contributed by atoms with E-state index < -0.39 is 0 Å². The minimum Gasteiger partial charge on any atom is -0.309 e. The van der Waals surface area contributed by atoms with Crippen LogP contribution in [0.2, 0.25) is 0 Å². The van der Waals surface area contributed by atoms with E-state index in [-0.39, 0.29) is 0 Å². The summed E-state index contributed by atoms with van der Waals surface area (Å²) >= 11 is 0. The van der Waals surface area contributed by atoms with Crippen LogP contribution in [0.3, 0.4) is 0 Å². The molecule has 0 saturated heterocycles. The minimum atomic E-state index is 0.359. The Morgan fingerprint density at radius 3 is 2.75 bits per heavy atom. The molecule has 0 aromatic rings. The van der Waals surface area contributed by atoms with E-state index in [1.165, 1.54) is 6.34 Å². The van der Waals surface area contributed by atoms with Gasteiger partial charge < -0.3 is 5.43 Å². The third-order valence-electron chi connectivity index (χ3n) is 0.462. The molecule has 0 saturated carbocycles. The Hall–Kier alpha value is -1.16. The smallest absolute Gasteiger partial charge is 0.134 e. The van der Waals surface area contributed by atoms with Gasteiger partial charge in [0.1, 0.15) is 12.2 Å². The van der Waals surface area contributed by atoms with Gasteiger partial charge in [-0.1, -0.05) is 6.58 Å². The fourth-order valence-electron chi connectivity index (χ4n) is 0.148. The first kappa shape index (κ1) is 6.84. The highest BCUT2D eigenvalue weighted by molar-refractivity contribution is 5.62. The lowest BCUT2D eigenvalue weighted by atomic mass is 10.8. The van der Waals surface area contributed by atoms with E-state index in [9.17, 15) is 0 Å². The van der Waals surface area contributed by atoms with Crippen LogP contribution in [0.1, 0.15) is 0 Å². The van der Waals surface area contributed by atoms with Crippen LogP contribution < -0.4 is 11.3 Å². The maximum atomic E-state index is 4.89. The molecule has 0 spiro atoms. The van der Waals surface area contributed by atoms with Crippen molar-refractivity contribution < 1.29 is 0 Å². The average molecular weight is 112 g/mol.